The van der Waals surface area contributed by atoms with E-state index in [1.807, 2.05) is 6.07 Å². The van der Waals surface area contributed by atoms with Gasteiger partial charge in [0, 0.05) is 38.9 Å². The van der Waals surface area contributed by atoms with Gasteiger partial charge in [-0.3, -0.25) is 4.79 Å². The van der Waals surface area contributed by atoms with Crippen LogP contribution in [0.5, 0.6) is 0 Å². The van der Waals surface area contributed by atoms with Crippen LogP contribution in [0.4, 0.5) is 22.0 Å². The van der Waals surface area contributed by atoms with Crippen molar-refractivity contribution in [1.29, 1.82) is 0 Å². The first-order valence-electron chi connectivity index (χ1n) is 15.5. The van der Waals surface area contributed by atoms with Gasteiger partial charge in [-0.25, -0.2) is 13.8 Å². The van der Waals surface area contributed by atoms with Gasteiger partial charge in [0.25, 0.3) is 0 Å². The Morgan fingerprint density at radius 3 is 2.33 bits per heavy atom. The van der Waals surface area contributed by atoms with Crippen molar-refractivity contribution in [1.82, 2.24) is 19.6 Å². The molecule has 2 N–H and O–H groups in total. The van der Waals surface area contributed by atoms with Crippen molar-refractivity contribution >= 4 is 36.4 Å². The number of carbonyl (C=O) groups is 1. The van der Waals surface area contributed by atoms with Crippen LogP contribution in [-0.2, 0) is 27.6 Å². The Morgan fingerprint density at radius 2 is 1.80 bits per heavy atom. The van der Waals surface area contributed by atoms with Gasteiger partial charge in [0.15, 0.2) is 0 Å². The van der Waals surface area contributed by atoms with E-state index in [1.54, 1.807) is 37.5 Å². The average molecular weight is 681 g/mol. The minimum atomic E-state index is -4.52. The van der Waals surface area contributed by atoms with Crippen LogP contribution in [0.1, 0.15) is 90.2 Å². The minimum absolute atomic E-state index is 0.0153. The highest BCUT2D eigenvalue weighted by atomic mass is 32.2. The van der Waals surface area contributed by atoms with Gasteiger partial charge in [-0.05, 0) is 69.7 Å². The van der Waals surface area contributed by atoms with Crippen molar-refractivity contribution in [2.75, 3.05) is 6.61 Å². The molecule has 3 rings (SSSR count). The molecule has 1 fully saturated rings. The monoisotopic (exact) mass is 680 g/mol. The summed E-state index contributed by atoms with van der Waals surface area (Å²) in [4.78, 5) is 17.3. The molecule has 1 heterocycles. The van der Waals surface area contributed by atoms with Gasteiger partial charge in [0.1, 0.15) is 23.3 Å². The summed E-state index contributed by atoms with van der Waals surface area (Å²) in [5.41, 5.74) is -0.261. The SMILES string of the molecule is CC(C)(C)[S+]([O-])N[C@@H](CC(C)(C)C(F)(F)F)c1nc2ccc([C@H](NC(=O)CCC(F)F)C3CC3)cc2n1COCC[Si](C)(C)C. The number of aromatic nitrogens is 2. The smallest absolute Gasteiger partial charge is 0.394 e. The summed E-state index contributed by atoms with van der Waals surface area (Å²) in [5.74, 6) is -0.0357. The summed E-state index contributed by atoms with van der Waals surface area (Å²) in [5, 5.41) is 2.92. The van der Waals surface area contributed by atoms with E-state index in [-0.39, 0.29) is 24.9 Å². The molecular formula is C31H49F5N4O3SSi. The molecule has 0 aliphatic heterocycles. The Balaban J connectivity index is 2.09. The van der Waals surface area contributed by atoms with Crippen molar-refractivity contribution in [3.05, 3.63) is 29.6 Å². The predicted molar refractivity (Wildman–Crippen MR) is 171 cm³/mol. The Morgan fingerprint density at radius 1 is 1.16 bits per heavy atom. The number of nitrogens with zero attached hydrogens (tertiary/aromatic N) is 2. The van der Waals surface area contributed by atoms with E-state index in [9.17, 15) is 31.3 Å². The summed E-state index contributed by atoms with van der Waals surface area (Å²) in [6.45, 7) is 14.6. The number of amides is 1. The lowest BCUT2D eigenvalue weighted by atomic mass is 9.85. The van der Waals surface area contributed by atoms with Crippen LogP contribution in [0.2, 0.25) is 25.7 Å². The largest absolute Gasteiger partial charge is 0.598 e. The molecular weight excluding hydrogens is 632 g/mol. The van der Waals surface area contributed by atoms with Gasteiger partial charge in [-0.15, -0.1) is 4.72 Å². The Bertz CT molecular complexity index is 1290. The molecule has 1 unspecified atom stereocenters. The molecule has 1 aliphatic carbocycles. The highest BCUT2D eigenvalue weighted by molar-refractivity contribution is 7.90. The maximum atomic E-state index is 14.1. The molecule has 1 saturated carbocycles. The Hall–Kier alpha value is -1.74. The van der Waals surface area contributed by atoms with Gasteiger partial charge < -0.3 is 19.2 Å². The molecule has 7 nitrogen and oxygen atoms in total. The zero-order chi connectivity index (χ0) is 34.0. The molecule has 2 aromatic rings. The third kappa shape index (κ3) is 10.9. The molecule has 0 bridgehead atoms. The third-order valence-corrected chi connectivity index (χ3v) is 11.3. The van der Waals surface area contributed by atoms with E-state index in [0.717, 1.165) is 38.3 Å². The van der Waals surface area contributed by atoms with E-state index in [0.29, 0.717) is 17.6 Å². The highest BCUT2D eigenvalue weighted by Gasteiger charge is 2.50. The second-order valence-corrected chi connectivity index (χ2v) is 22.6. The zero-order valence-electron chi connectivity index (χ0n) is 27.6. The Kier molecular flexibility index (Phi) is 12.2. The van der Waals surface area contributed by atoms with Crippen molar-refractivity contribution in [3.8, 4) is 0 Å². The topological polar surface area (TPSA) is 91.2 Å². The van der Waals surface area contributed by atoms with Crippen LogP contribution in [0.25, 0.3) is 11.0 Å². The Labute approximate surface area is 267 Å². The van der Waals surface area contributed by atoms with Crippen LogP contribution < -0.4 is 10.0 Å². The molecule has 1 aromatic heterocycles. The molecule has 1 aromatic carbocycles. The first kappa shape index (κ1) is 37.7. The fraction of sp³-hybridized carbons (Fsp3) is 0.742. The van der Waals surface area contributed by atoms with E-state index in [4.69, 9.17) is 9.72 Å². The van der Waals surface area contributed by atoms with E-state index in [1.165, 1.54) is 0 Å². The zero-order valence-corrected chi connectivity index (χ0v) is 29.4. The van der Waals surface area contributed by atoms with Crippen molar-refractivity contribution in [3.63, 3.8) is 0 Å². The molecule has 45 heavy (non-hydrogen) atoms. The lowest BCUT2D eigenvalue weighted by Gasteiger charge is -2.34. The van der Waals surface area contributed by atoms with Gasteiger partial charge >= 0.3 is 6.18 Å². The molecule has 3 atom stereocenters. The molecule has 0 saturated heterocycles. The van der Waals surface area contributed by atoms with E-state index >= 15 is 0 Å². The van der Waals surface area contributed by atoms with Crippen LogP contribution >= 0.6 is 0 Å². The summed E-state index contributed by atoms with van der Waals surface area (Å²) in [7, 11) is -1.44. The van der Waals surface area contributed by atoms with Gasteiger partial charge in [0.2, 0.25) is 12.3 Å². The van der Waals surface area contributed by atoms with Crippen LogP contribution in [0.15, 0.2) is 18.2 Å². The molecule has 0 radical (unpaired) electrons. The first-order valence-corrected chi connectivity index (χ1v) is 20.3. The normalized spacial score (nSPS) is 17.1. The van der Waals surface area contributed by atoms with E-state index < -0.39 is 73.0 Å². The van der Waals surface area contributed by atoms with Gasteiger partial charge in [-0.2, -0.15) is 13.2 Å². The van der Waals surface area contributed by atoms with Gasteiger partial charge in [-0.1, -0.05) is 39.6 Å². The molecule has 1 aliphatic rings. The lowest BCUT2D eigenvalue weighted by Crippen LogP contribution is -2.45. The number of hydrogen-bond donors (Lipinski definition) is 2. The summed E-state index contributed by atoms with van der Waals surface area (Å²) >= 11 is -1.71. The number of rotatable bonds is 16. The number of hydrogen-bond acceptors (Lipinski definition) is 5. The third-order valence-electron chi connectivity index (χ3n) is 7.98. The number of benzene rings is 1. The molecule has 14 heteroatoms. The number of halogens is 5. The van der Waals surface area contributed by atoms with Gasteiger partial charge in [0.05, 0.1) is 22.5 Å². The molecule has 256 valence electrons. The number of ether oxygens (including phenoxy) is 1. The number of carbonyl (C=O) groups excluding carboxylic acids is 1. The number of fused-ring (bicyclic) bond motifs is 1. The van der Waals surface area contributed by atoms with Crippen molar-refractivity contribution in [2.45, 2.75) is 129 Å². The second kappa shape index (κ2) is 14.6. The number of imidazole rings is 1. The highest BCUT2D eigenvalue weighted by Crippen LogP contribution is 2.45. The standard InChI is InChI=1S/C31H49F5N4O3SSi/c1-29(2,3)44(42)39-23(18-30(4,5)31(34,35)36)28-37-22-12-11-21(17-24(22)40(28)19-43-15-16-45(6,7)8)27(20-9-10-20)38-26(41)14-13-25(32)33/h11-12,17,20,23,25,27,39H,9-10,13-16,18-19H2,1-8H3,(H,38,41)/t23-,27+,44?/m0/s1. The van der Waals surface area contributed by atoms with Crippen molar-refractivity contribution in [2.24, 2.45) is 11.3 Å². The van der Waals surface area contributed by atoms with Crippen LogP contribution in [0, 0.1) is 11.3 Å². The van der Waals surface area contributed by atoms with Crippen LogP contribution in [0.3, 0.4) is 0 Å². The summed E-state index contributed by atoms with van der Waals surface area (Å²) in [6.07, 6.45) is -6.58. The average Bonchev–Trinajstić information content (AvgIpc) is 3.67. The van der Waals surface area contributed by atoms with Crippen LogP contribution in [-0.4, -0.2) is 52.0 Å². The minimum Gasteiger partial charge on any atom is -0.598 e. The lowest BCUT2D eigenvalue weighted by molar-refractivity contribution is -0.215. The quantitative estimate of drug-likeness (QED) is 0.0811. The summed E-state index contributed by atoms with van der Waals surface area (Å²) < 4.78 is 91.2. The second-order valence-electron chi connectivity index (χ2n) is 14.9. The maximum Gasteiger partial charge on any atom is 0.394 e. The van der Waals surface area contributed by atoms with Crippen molar-refractivity contribution < 1.29 is 36.0 Å². The molecule has 0 spiro atoms. The number of nitrogens with one attached hydrogen (secondary N) is 2. The fourth-order valence-electron chi connectivity index (χ4n) is 4.79. The summed E-state index contributed by atoms with van der Waals surface area (Å²) in [6, 6.07) is 4.85. The first-order chi connectivity index (χ1) is 20.6. The predicted octanol–water partition coefficient (Wildman–Crippen LogP) is 8.03. The fourth-order valence-corrected chi connectivity index (χ4v) is 6.35. The maximum absolute atomic E-state index is 14.1. The molecule has 1 amide bonds. The number of alkyl halides is 5. The van der Waals surface area contributed by atoms with E-state index in [2.05, 4.69) is 29.7 Å².